The highest BCUT2D eigenvalue weighted by Gasteiger charge is 2.43. The van der Waals surface area contributed by atoms with Crippen molar-refractivity contribution in [3.63, 3.8) is 0 Å². The van der Waals surface area contributed by atoms with Crippen molar-refractivity contribution in [1.29, 1.82) is 0 Å². The molecule has 0 heterocycles. The number of ketones is 1. The number of benzene rings is 2. The molecule has 0 saturated carbocycles. The summed E-state index contributed by atoms with van der Waals surface area (Å²) in [7, 11) is 0. The van der Waals surface area contributed by atoms with E-state index in [4.69, 9.17) is 0 Å². The number of aliphatic hydroxyl groups excluding tert-OH is 1. The minimum absolute atomic E-state index is 0.0126. The lowest BCUT2D eigenvalue weighted by atomic mass is 10.1. The zero-order valence-electron chi connectivity index (χ0n) is 12.9. The van der Waals surface area contributed by atoms with Crippen LogP contribution in [0, 0.1) is 6.92 Å². The number of azo groups is 1. The van der Waals surface area contributed by atoms with Crippen LogP contribution in [-0.2, 0) is 4.79 Å². The maximum absolute atomic E-state index is 12.8. The summed E-state index contributed by atoms with van der Waals surface area (Å²) < 4.78 is 39.1. The van der Waals surface area contributed by atoms with E-state index in [0.717, 1.165) is 5.56 Å². The van der Waals surface area contributed by atoms with Gasteiger partial charge in [-0.1, -0.05) is 45.8 Å². The molecule has 2 rings (SSSR count). The normalized spacial score (nSPS) is 13.0. The molecule has 0 bridgehead atoms. The zero-order valence-corrected chi connectivity index (χ0v) is 14.5. The van der Waals surface area contributed by atoms with Crippen LogP contribution in [-0.4, -0.2) is 17.1 Å². The zero-order chi connectivity index (χ0) is 18.6. The van der Waals surface area contributed by atoms with E-state index in [9.17, 15) is 23.1 Å². The van der Waals surface area contributed by atoms with Gasteiger partial charge in [-0.05, 0) is 31.2 Å². The molecule has 0 saturated heterocycles. The summed E-state index contributed by atoms with van der Waals surface area (Å²) in [6.45, 7) is 1.83. The summed E-state index contributed by atoms with van der Waals surface area (Å²) in [6, 6.07) is 12.2. The van der Waals surface area contributed by atoms with Crippen molar-refractivity contribution in [3.05, 3.63) is 69.8 Å². The van der Waals surface area contributed by atoms with Gasteiger partial charge in [-0.3, -0.25) is 4.79 Å². The van der Waals surface area contributed by atoms with Gasteiger partial charge < -0.3 is 5.11 Å². The number of alkyl halides is 3. The fourth-order valence-corrected chi connectivity index (χ4v) is 2.06. The monoisotopic (exact) mass is 412 g/mol. The quantitative estimate of drug-likeness (QED) is 0.386. The van der Waals surface area contributed by atoms with Gasteiger partial charge in [-0.15, -0.1) is 5.11 Å². The third kappa shape index (κ3) is 4.99. The van der Waals surface area contributed by atoms with Crippen LogP contribution in [0.2, 0.25) is 0 Å². The van der Waals surface area contributed by atoms with E-state index in [1.807, 2.05) is 6.92 Å². The Labute approximate surface area is 149 Å². The highest BCUT2D eigenvalue weighted by atomic mass is 79.9. The first-order valence-corrected chi connectivity index (χ1v) is 7.77. The van der Waals surface area contributed by atoms with Crippen molar-refractivity contribution < 1.29 is 23.1 Å². The number of nitrogens with zero attached hydrogens (tertiary/aromatic N) is 2. The average molecular weight is 413 g/mol. The van der Waals surface area contributed by atoms with Gasteiger partial charge in [0, 0.05) is 10.0 Å². The number of carbonyl (C=O) groups excluding carboxylic acids is 1. The van der Waals surface area contributed by atoms with E-state index in [0.29, 0.717) is 4.47 Å². The number of aliphatic hydroxyl groups is 1. The Bertz CT molecular complexity index is 826. The summed E-state index contributed by atoms with van der Waals surface area (Å²) in [5.74, 6) is -3.17. The van der Waals surface area contributed by atoms with Gasteiger partial charge in [0.25, 0.3) is 5.78 Å². The van der Waals surface area contributed by atoms with Gasteiger partial charge in [0.1, 0.15) is 0 Å². The summed E-state index contributed by atoms with van der Waals surface area (Å²) in [4.78, 5) is 11.6. The molecule has 0 aliphatic rings. The number of hydrogen-bond acceptors (Lipinski definition) is 4. The summed E-state index contributed by atoms with van der Waals surface area (Å²) in [5, 5.41) is 17.1. The number of allylic oxidation sites excluding steroid dienone is 1. The molecule has 0 spiro atoms. The van der Waals surface area contributed by atoms with Crippen molar-refractivity contribution in [1.82, 2.24) is 0 Å². The van der Waals surface area contributed by atoms with Crippen molar-refractivity contribution in [2.75, 3.05) is 0 Å². The van der Waals surface area contributed by atoms with Crippen LogP contribution in [0.1, 0.15) is 11.1 Å². The standard InChI is InChI=1S/C17H12BrF3N2O2/c1-10-2-8-13(9-3-10)22-23-14(16(25)17(19,20)21)15(24)11-4-6-12(18)7-5-11/h2-9,24H,1H3/b15-14-,23-22?. The lowest BCUT2D eigenvalue weighted by Crippen LogP contribution is -2.24. The fourth-order valence-electron chi connectivity index (χ4n) is 1.80. The molecule has 0 aliphatic carbocycles. The Morgan fingerprint density at radius 3 is 2.12 bits per heavy atom. The van der Waals surface area contributed by atoms with Crippen LogP contribution in [0.15, 0.2) is 68.9 Å². The molecule has 0 aliphatic heterocycles. The smallest absolute Gasteiger partial charge is 0.456 e. The molecular weight excluding hydrogens is 401 g/mol. The van der Waals surface area contributed by atoms with Gasteiger partial charge in [0.15, 0.2) is 11.5 Å². The number of carbonyl (C=O) groups is 1. The maximum Gasteiger partial charge on any atom is 0.456 e. The van der Waals surface area contributed by atoms with Crippen LogP contribution in [0.4, 0.5) is 18.9 Å². The first kappa shape index (κ1) is 18.9. The third-order valence-electron chi connectivity index (χ3n) is 3.11. The van der Waals surface area contributed by atoms with Crippen molar-refractivity contribution >= 4 is 33.2 Å². The third-order valence-corrected chi connectivity index (χ3v) is 3.64. The van der Waals surface area contributed by atoms with E-state index in [1.165, 1.54) is 36.4 Å². The van der Waals surface area contributed by atoms with Gasteiger partial charge in [-0.2, -0.15) is 18.3 Å². The lowest BCUT2D eigenvalue weighted by Gasteiger charge is -2.08. The van der Waals surface area contributed by atoms with Crippen molar-refractivity contribution in [2.45, 2.75) is 13.1 Å². The van der Waals surface area contributed by atoms with Crippen LogP contribution in [0.25, 0.3) is 5.76 Å². The fraction of sp³-hybridized carbons (Fsp3) is 0.118. The predicted octanol–water partition coefficient (Wildman–Crippen LogP) is 5.90. The van der Waals surface area contributed by atoms with E-state index in [2.05, 4.69) is 26.2 Å². The molecule has 4 nitrogen and oxygen atoms in total. The summed E-state index contributed by atoms with van der Waals surface area (Å²) >= 11 is 3.17. The Hall–Kier alpha value is -2.48. The molecule has 8 heteroatoms. The minimum Gasteiger partial charge on any atom is -0.505 e. The van der Waals surface area contributed by atoms with Crippen LogP contribution in [0.3, 0.4) is 0 Å². The molecule has 0 amide bonds. The Kier molecular flexibility index (Phi) is 5.73. The number of halogens is 4. The molecule has 2 aromatic carbocycles. The molecule has 0 atom stereocenters. The van der Waals surface area contributed by atoms with E-state index >= 15 is 0 Å². The molecule has 2 aromatic rings. The van der Waals surface area contributed by atoms with Crippen molar-refractivity contribution in [3.8, 4) is 0 Å². The number of rotatable bonds is 4. The number of hydrogen-bond donors (Lipinski definition) is 1. The van der Waals surface area contributed by atoms with E-state index in [-0.39, 0.29) is 11.3 Å². The molecule has 130 valence electrons. The SMILES string of the molecule is Cc1ccc(N=N/C(C(=O)C(F)(F)F)=C(\O)c2ccc(Br)cc2)cc1. The van der Waals surface area contributed by atoms with Crippen LogP contribution < -0.4 is 0 Å². The topological polar surface area (TPSA) is 62.0 Å². The van der Waals surface area contributed by atoms with E-state index < -0.39 is 23.4 Å². The lowest BCUT2D eigenvalue weighted by molar-refractivity contribution is -0.166. The molecule has 25 heavy (non-hydrogen) atoms. The van der Waals surface area contributed by atoms with Crippen LogP contribution >= 0.6 is 15.9 Å². The van der Waals surface area contributed by atoms with Gasteiger partial charge in [0.05, 0.1) is 5.69 Å². The van der Waals surface area contributed by atoms with Gasteiger partial charge in [0.2, 0.25) is 0 Å². The van der Waals surface area contributed by atoms with Gasteiger partial charge in [-0.25, -0.2) is 0 Å². The Morgan fingerprint density at radius 2 is 1.60 bits per heavy atom. The second kappa shape index (κ2) is 7.60. The number of Topliss-reactive ketones (excluding diaryl/α,β-unsaturated/α-hetero) is 1. The second-order valence-corrected chi connectivity index (χ2v) is 5.98. The maximum atomic E-state index is 12.8. The Balaban J connectivity index is 2.49. The van der Waals surface area contributed by atoms with E-state index in [1.54, 1.807) is 12.1 Å². The molecule has 0 radical (unpaired) electrons. The highest BCUT2D eigenvalue weighted by molar-refractivity contribution is 9.10. The second-order valence-electron chi connectivity index (χ2n) is 5.07. The van der Waals surface area contributed by atoms with Crippen LogP contribution in [0.5, 0.6) is 0 Å². The first-order valence-electron chi connectivity index (χ1n) is 6.97. The summed E-state index contributed by atoms with van der Waals surface area (Å²) in [6.07, 6.45) is -5.19. The molecular formula is C17H12BrF3N2O2. The average Bonchev–Trinajstić information content (AvgIpc) is 2.56. The van der Waals surface area contributed by atoms with Gasteiger partial charge >= 0.3 is 6.18 Å². The molecule has 0 aromatic heterocycles. The predicted molar refractivity (Wildman–Crippen MR) is 90.4 cm³/mol. The van der Waals surface area contributed by atoms with Crippen molar-refractivity contribution in [2.24, 2.45) is 10.2 Å². The molecule has 0 fully saturated rings. The first-order chi connectivity index (χ1) is 11.7. The largest absolute Gasteiger partial charge is 0.505 e. The number of aryl methyl sites for hydroxylation is 1. The molecule has 0 unspecified atom stereocenters. The highest BCUT2D eigenvalue weighted by Crippen LogP contribution is 2.28. The minimum atomic E-state index is -5.19. The molecule has 1 N–H and O–H groups in total. The Morgan fingerprint density at radius 1 is 1.04 bits per heavy atom. The summed E-state index contributed by atoms with van der Waals surface area (Å²) in [5.41, 5.74) is 0.0227.